The van der Waals surface area contributed by atoms with Gasteiger partial charge in [-0.1, -0.05) is 18.7 Å². The van der Waals surface area contributed by atoms with Gasteiger partial charge in [-0.05, 0) is 67.9 Å². The molecule has 0 amide bonds. The van der Waals surface area contributed by atoms with Crippen LogP contribution in [0.15, 0.2) is 83.8 Å². The average Bonchev–Trinajstić information content (AvgIpc) is 2.80. The predicted octanol–water partition coefficient (Wildman–Crippen LogP) is 6.21. The highest BCUT2D eigenvalue weighted by molar-refractivity contribution is 5.91. The molecular weight excluding hydrogens is 376 g/mol. The van der Waals surface area contributed by atoms with E-state index in [0.29, 0.717) is 22.7 Å². The number of aromatic nitrogens is 1. The fraction of sp³-hybridized carbons (Fsp3) is 0.167. The Morgan fingerprint density at radius 1 is 1.03 bits per heavy atom. The van der Waals surface area contributed by atoms with E-state index < -0.39 is 5.97 Å². The molecule has 152 valence electrons. The number of hydrogen-bond acceptors (Lipinski definition) is 6. The van der Waals surface area contributed by atoms with E-state index in [1.54, 1.807) is 48.8 Å². The number of anilines is 1. The van der Waals surface area contributed by atoms with Crippen molar-refractivity contribution in [3.63, 3.8) is 0 Å². The van der Waals surface area contributed by atoms with Gasteiger partial charge in [0.15, 0.2) is 5.75 Å². The van der Waals surface area contributed by atoms with Crippen molar-refractivity contribution >= 4 is 29.1 Å². The molecule has 0 aliphatic carbocycles. The topological polar surface area (TPSA) is 67.1 Å². The molecule has 30 heavy (non-hydrogen) atoms. The van der Waals surface area contributed by atoms with Gasteiger partial charge in [0, 0.05) is 31.2 Å². The summed E-state index contributed by atoms with van der Waals surface area (Å²) in [5.74, 6) is -0.158. The van der Waals surface area contributed by atoms with Crippen LogP contribution in [0.3, 0.4) is 0 Å². The highest BCUT2D eigenvalue weighted by Crippen LogP contribution is 2.32. The summed E-state index contributed by atoms with van der Waals surface area (Å²) in [5, 5.41) is 8.64. The van der Waals surface area contributed by atoms with Gasteiger partial charge in [0.05, 0.1) is 11.3 Å². The number of rotatable bonds is 8. The van der Waals surface area contributed by atoms with E-state index in [1.807, 2.05) is 24.3 Å². The summed E-state index contributed by atoms with van der Waals surface area (Å²) in [5.41, 5.74) is 3.56. The maximum absolute atomic E-state index is 12.4. The Balaban J connectivity index is 1.83. The van der Waals surface area contributed by atoms with Gasteiger partial charge in [0.2, 0.25) is 0 Å². The summed E-state index contributed by atoms with van der Waals surface area (Å²) in [6.07, 6.45) is 4.78. The number of pyridine rings is 1. The normalized spacial score (nSPS) is 10.7. The van der Waals surface area contributed by atoms with Gasteiger partial charge < -0.3 is 9.64 Å². The molecule has 0 radical (unpaired) electrons. The molecule has 0 N–H and O–H groups in total. The standard InChI is InChI=1S/C24H24N4O2/c1-4-18-7-12-23(30-24(29)19-13-15-25-16-14-19)22(17-18)27-26-20-8-10-21(11-9-20)28(5-2)6-3/h4,7-17H,1,5-6H2,2-3H3. The van der Waals surface area contributed by atoms with Gasteiger partial charge in [-0.25, -0.2) is 4.79 Å². The summed E-state index contributed by atoms with van der Waals surface area (Å²) in [6, 6.07) is 16.3. The zero-order valence-electron chi connectivity index (χ0n) is 17.2. The highest BCUT2D eigenvalue weighted by atomic mass is 16.5. The van der Waals surface area contributed by atoms with Crippen molar-refractivity contribution in [3.8, 4) is 5.75 Å². The van der Waals surface area contributed by atoms with Crippen molar-refractivity contribution in [1.29, 1.82) is 0 Å². The molecule has 3 rings (SSSR count). The first kappa shape index (κ1) is 20.9. The Bertz CT molecular complexity index is 1030. The Hall–Kier alpha value is -3.80. The number of hydrogen-bond donors (Lipinski definition) is 0. The molecule has 1 aromatic heterocycles. The summed E-state index contributed by atoms with van der Waals surface area (Å²) >= 11 is 0. The van der Waals surface area contributed by atoms with Crippen LogP contribution in [0.25, 0.3) is 6.08 Å². The lowest BCUT2D eigenvalue weighted by Gasteiger charge is -2.20. The predicted molar refractivity (Wildman–Crippen MR) is 120 cm³/mol. The van der Waals surface area contributed by atoms with Crippen LogP contribution in [-0.4, -0.2) is 24.0 Å². The van der Waals surface area contributed by atoms with Crippen LogP contribution in [0.4, 0.5) is 17.1 Å². The second kappa shape index (κ2) is 10.1. The van der Waals surface area contributed by atoms with E-state index >= 15 is 0 Å². The molecule has 0 aliphatic heterocycles. The van der Waals surface area contributed by atoms with Crippen LogP contribution < -0.4 is 9.64 Å². The molecule has 3 aromatic rings. The smallest absolute Gasteiger partial charge is 0.343 e. The van der Waals surface area contributed by atoms with E-state index in [9.17, 15) is 4.79 Å². The summed E-state index contributed by atoms with van der Waals surface area (Å²) in [4.78, 5) is 18.6. The maximum Gasteiger partial charge on any atom is 0.343 e. The maximum atomic E-state index is 12.4. The van der Waals surface area contributed by atoms with Crippen molar-refractivity contribution in [2.45, 2.75) is 13.8 Å². The first-order valence-corrected chi connectivity index (χ1v) is 9.80. The Morgan fingerprint density at radius 2 is 1.73 bits per heavy atom. The lowest BCUT2D eigenvalue weighted by atomic mass is 10.2. The minimum Gasteiger partial charge on any atom is -0.421 e. The third kappa shape index (κ3) is 5.17. The molecule has 1 heterocycles. The molecule has 6 heteroatoms. The van der Waals surface area contributed by atoms with Crippen molar-refractivity contribution in [3.05, 3.63) is 84.7 Å². The lowest BCUT2D eigenvalue weighted by molar-refractivity contribution is 0.0735. The molecule has 0 unspecified atom stereocenters. The minimum atomic E-state index is -0.483. The van der Waals surface area contributed by atoms with Crippen LogP contribution >= 0.6 is 0 Å². The molecule has 0 aliphatic rings. The average molecular weight is 400 g/mol. The quantitative estimate of drug-likeness (QED) is 0.256. The Morgan fingerprint density at radius 3 is 2.37 bits per heavy atom. The third-order valence-corrected chi connectivity index (χ3v) is 4.59. The van der Waals surface area contributed by atoms with Crippen LogP contribution in [0.2, 0.25) is 0 Å². The van der Waals surface area contributed by atoms with E-state index in [1.165, 1.54) is 0 Å². The van der Waals surface area contributed by atoms with Crippen molar-refractivity contribution in [2.24, 2.45) is 10.2 Å². The van der Waals surface area contributed by atoms with Crippen molar-refractivity contribution in [1.82, 2.24) is 4.98 Å². The molecule has 0 saturated heterocycles. The molecule has 0 bridgehead atoms. The first-order chi connectivity index (χ1) is 14.6. The van der Waals surface area contributed by atoms with Gasteiger partial charge in [0.25, 0.3) is 0 Å². The van der Waals surface area contributed by atoms with Gasteiger partial charge in [0.1, 0.15) is 5.69 Å². The highest BCUT2D eigenvalue weighted by Gasteiger charge is 2.12. The zero-order valence-corrected chi connectivity index (χ0v) is 17.2. The molecule has 0 saturated carbocycles. The zero-order chi connectivity index (χ0) is 21.3. The monoisotopic (exact) mass is 400 g/mol. The second-order valence-corrected chi connectivity index (χ2v) is 6.45. The van der Waals surface area contributed by atoms with Crippen molar-refractivity contribution < 1.29 is 9.53 Å². The third-order valence-electron chi connectivity index (χ3n) is 4.59. The molecule has 2 aromatic carbocycles. The van der Waals surface area contributed by atoms with E-state index in [2.05, 4.69) is 40.5 Å². The minimum absolute atomic E-state index is 0.325. The number of carbonyl (C=O) groups excluding carboxylic acids is 1. The summed E-state index contributed by atoms with van der Waals surface area (Å²) in [7, 11) is 0. The lowest BCUT2D eigenvalue weighted by Crippen LogP contribution is -2.21. The Kier molecular flexibility index (Phi) is 7.05. The molecule has 6 nitrogen and oxygen atoms in total. The number of nitrogens with zero attached hydrogens (tertiary/aromatic N) is 4. The van der Waals surface area contributed by atoms with Crippen molar-refractivity contribution in [2.75, 3.05) is 18.0 Å². The largest absolute Gasteiger partial charge is 0.421 e. The van der Waals surface area contributed by atoms with Crippen LogP contribution in [-0.2, 0) is 0 Å². The molecule has 0 fully saturated rings. The van der Waals surface area contributed by atoms with Crippen LogP contribution in [0.5, 0.6) is 5.75 Å². The fourth-order valence-corrected chi connectivity index (χ4v) is 2.90. The molecular formula is C24H24N4O2. The Labute approximate surface area is 176 Å². The van der Waals surface area contributed by atoms with Crippen LogP contribution in [0, 0.1) is 0 Å². The van der Waals surface area contributed by atoms with Gasteiger partial charge in [-0.2, -0.15) is 5.11 Å². The van der Waals surface area contributed by atoms with Gasteiger partial charge >= 0.3 is 5.97 Å². The van der Waals surface area contributed by atoms with Gasteiger partial charge in [-0.3, -0.25) is 4.98 Å². The molecule has 0 spiro atoms. The van der Waals surface area contributed by atoms with E-state index in [4.69, 9.17) is 4.74 Å². The number of carbonyl (C=O) groups is 1. The van der Waals surface area contributed by atoms with Crippen LogP contribution in [0.1, 0.15) is 29.8 Å². The van der Waals surface area contributed by atoms with E-state index in [0.717, 1.165) is 24.3 Å². The summed E-state index contributed by atoms with van der Waals surface area (Å²) in [6.45, 7) is 9.91. The number of esters is 1. The second-order valence-electron chi connectivity index (χ2n) is 6.45. The SMILES string of the molecule is C=Cc1ccc(OC(=O)c2ccncc2)c(N=Nc2ccc(N(CC)CC)cc2)c1. The summed E-state index contributed by atoms with van der Waals surface area (Å²) < 4.78 is 5.54. The molecule has 0 atom stereocenters. The number of ether oxygens (including phenoxy) is 1. The van der Waals surface area contributed by atoms with E-state index in [-0.39, 0.29) is 0 Å². The number of azo groups is 1. The van der Waals surface area contributed by atoms with Gasteiger partial charge in [-0.15, -0.1) is 5.11 Å². The fourth-order valence-electron chi connectivity index (χ4n) is 2.90. The first-order valence-electron chi connectivity index (χ1n) is 9.80. The number of benzene rings is 2.